The van der Waals surface area contributed by atoms with E-state index in [0.717, 1.165) is 12.8 Å². The van der Waals surface area contributed by atoms with Gasteiger partial charge in [0, 0.05) is 30.5 Å². The third-order valence-corrected chi connectivity index (χ3v) is 6.61. The minimum absolute atomic E-state index is 0.0333. The first-order valence-electron chi connectivity index (χ1n) is 12.8. The monoisotopic (exact) mass is 567 g/mol. The van der Waals surface area contributed by atoms with Crippen LogP contribution in [0.25, 0.3) is 11.1 Å². The zero-order valence-electron chi connectivity index (χ0n) is 21.8. The minimum Gasteiger partial charge on any atom is -0.417 e. The molecule has 8 nitrogen and oxygen atoms in total. The van der Waals surface area contributed by atoms with Crippen molar-refractivity contribution in [3.63, 3.8) is 0 Å². The highest BCUT2D eigenvalue weighted by molar-refractivity contribution is 6.04. The van der Waals surface area contributed by atoms with E-state index < -0.39 is 35.3 Å². The number of aromatic nitrogens is 2. The number of nitrogens with zero attached hydrogens (tertiary/aromatic N) is 3. The van der Waals surface area contributed by atoms with Gasteiger partial charge in [0.15, 0.2) is 5.69 Å². The number of oxazole rings is 1. The van der Waals surface area contributed by atoms with Crippen molar-refractivity contribution >= 4 is 29.2 Å². The fourth-order valence-electron chi connectivity index (χ4n) is 4.54. The summed E-state index contributed by atoms with van der Waals surface area (Å²) in [5.74, 6) is -2.85. The molecule has 2 N–H and O–H groups in total. The van der Waals surface area contributed by atoms with E-state index in [1.54, 1.807) is 29.2 Å². The Morgan fingerprint density at radius 3 is 2.37 bits per heavy atom. The van der Waals surface area contributed by atoms with Crippen molar-refractivity contribution in [1.82, 2.24) is 9.97 Å². The molecule has 212 valence electrons. The van der Waals surface area contributed by atoms with Gasteiger partial charge in [-0.2, -0.15) is 18.2 Å². The van der Waals surface area contributed by atoms with Crippen LogP contribution in [0.3, 0.4) is 0 Å². The van der Waals surface area contributed by atoms with Crippen molar-refractivity contribution in [3.8, 4) is 11.1 Å². The lowest BCUT2D eigenvalue weighted by Gasteiger charge is -2.29. The van der Waals surface area contributed by atoms with Gasteiger partial charge >= 0.3 is 6.18 Å². The summed E-state index contributed by atoms with van der Waals surface area (Å²) in [6.07, 6.45) is -1.67. The predicted octanol–water partition coefficient (Wildman–Crippen LogP) is 6.64. The molecule has 1 atom stereocenters. The third kappa shape index (κ3) is 6.37. The summed E-state index contributed by atoms with van der Waals surface area (Å²) in [4.78, 5) is 34.6. The lowest BCUT2D eigenvalue weighted by molar-refractivity contribution is -0.141. The topological polar surface area (TPSA) is 100 Å². The van der Waals surface area contributed by atoms with E-state index >= 15 is 0 Å². The Balaban J connectivity index is 1.27. The van der Waals surface area contributed by atoms with Crippen LogP contribution in [0.5, 0.6) is 0 Å². The summed E-state index contributed by atoms with van der Waals surface area (Å²) in [5.41, 5.74) is 0.294. The van der Waals surface area contributed by atoms with E-state index in [1.165, 1.54) is 42.6 Å². The van der Waals surface area contributed by atoms with Gasteiger partial charge in [-0.3, -0.25) is 14.6 Å². The number of piperidine rings is 1. The Morgan fingerprint density at radius 1 is 0.976 bits per heavy atom. The van der Waals surface area contributed by atoms with Crippen molar-refractivity contribution in [2.75, 3.05) is 28.6 Å². The average molecular weight is 568 g/mol. The number of halogens is 4. The minimum atomic E-state index is -4.87. The second kappa shape index (κ2) is 11.4. The normalized spacial score (nSPS) is 15.4. The molecule has 2 aromatic carbocycles. The van der Waals surface area contributed by atoms with Crippen LogP contribution in [-0.2, 0) is 6.18 Å². The fourth-order valence-corrected chi connectivity index (χ4v) is 4.54. The quantitative estimate of drug-likeness (QED) is 0.254. The number of benzene rings is 2. The molecule has 2 aromatic heterocycles. The van der Waals surface area contributed by atoms with Crippen LogP contribution >= 0.6 is 0 Å². The maximum Gasteiger partial charge on any atom is 0.437 e. The van der Waals surface area contributed by atoms with Crippen molar-refractivity contribution in [2.45, 2.75) is 25.9 Å². The summed E-state index contributed by atoms with van der Waals surface area (Å²) in [7, 11) is 0. The molecule has 1 aliphatic heterocycles. The van der Waals surface area contributed by atoms with Gasteiger partial charge < -0.3 is 20.0 Å². The summed E-state index contributed by atoms with van der Waals surface area (Å²) in [6, 6.07) is 15.0. The third-order valence-electron chi connectivity index (χ3n) is 6.61. The number of para-hydroxylation sites is 1. The summed E-state index contributed by atoms with van der Waals surface area (Å²) in [6.45, 7) is 2.98. The molecular weight excluding hydrogens is 542 g/mol. The van der Waals surface area contributed by atoms with E-state index in [1.807, 2.05) is 6.92 Å². The number of rotatable bonds is 6. The summed E-state index contributed by atoms with van der Waals surface area (Å²) >= 11 is 0. The lowest BCUT2D eigenvalue weighted by Crippen LogP contribution is -2.34. The molecule has 12 heteroatoms. The molecule has 0 radical (unpaired) electrons. The van der Waals surface area contributed by atoms with Crippen LogP contribution in [0.4, 0.5) is 35.0 Å². The SMILES string of the molecule is CC1CCCN(c2nc(C(F)(F)F)c(C(=O)Nc3ccc(-c4ccc(C(=O)Nc5ccccc5F)nc4)cc3)o2)C1. The first-order chi connectivity index (χ1) is 19.6. The van der Waals surface area contributed by atoms with Crippen molar-refractivity contribution in [3.05, 3.63) is 89.8 Å². The van der Waals surface area contributed by atoms with Crippen LogP contribution in [0.1, 0.15) is 46.5 Å². The van der Waals surface area contributed by atoms with E-state index in [2.05, 4.69) is 20.6 Å². The number of nitrogens with one attached hydrogen (secondary N) is 2. The maximum atomic E-state index is 13.8. The highest BCUT2D eigenvalue weighted by Crippen LogP contribution is 2.35. The van der Waals surface area contributed by atoms with E-state index in [0.29, 0.717) is 24.2 Å². The smallest absolute Gasteiger partial charge is 0.417 e. The molecule has 4 aromatic rings. The van der Waals surface area contributed by atoms with Crippen molar-refractivity contribution in [2.24, 2.45) is 5.92 Å². The van der Waals surface area contributed by atoms with Gasteiger partial charge in [0.05, 0.1) is 5.69 Å². The van der Waals surface area contributed by atoms with Gasteiger partial charge in [-0.15, -0.1) is 0 Å². The Kier molecular flexibility index (Phi) is 7.73. The number of alkyl halides is 3. The molecule has 1 unspecified atom stereocenters. The largest absolute Gasteiger partial charge is 0.437 e. The van der Waals surface area contributed by atoms with Gasteiger partial charge in [-0.05, 0) is 54.7 Å². The van der Waals surface area contributed by atoms with E-state index in [-0.39, 0.29) is 29.0 Å². The standard InChI is InChI=1S/C29H25F4N5O3/c1-17-5-4-14-38(16-17)28-37-25(29(31,32)33)24(41-28)27(40)35-20-11-8-18(9-12-20)19-10-13-23(34-15-19)26(39)36-22-7-3-2-6-21(22)30/h2-3,6-13,15,17H,4-5,14,16H2,1H3,(H,35,40)(H,36,39). The summed E-state index contributed by atoms with van der Waals surface area (Å²) < 4.78 is 60.2. The lowest BCUT2D eigenvalue weighted by atomic mass is 10.0. The molecule has 0 spiro atoms. The van der Waals surface area contributed by atoms with Gasteiger partial charge in [0.1, 0.15) is 11.5 Å². The van der Waals surface area contributed by atoms with Crippen LogP contribution in [0, 0.1) is 11.7 Å². The molecule has 1 saturated heterocycles. The Bertz CT molecular complexity index is 1550. The molecule has 0 saturated carbocycles. The zero-order valence-corrected chi connectivity index (χ0v) is 21.8. The Morgan fingerprint density at radius 2 is 1.71 bits per heavy atom. The predicted molar refractivity (Wildman–Crippen MR) is 144 cm³/mol. The molecule has 0 aliphatic carbocycles. The average Bonchev–Trinajstić information content (AvgIpc) is 3.42. The summed E-state index contributed by atoms with van der Waals surface area (Å²) in [5, 5.41) is 4.89. The van der Waals surface area contributed by atoms with Crippen LogP contribution in [-0.4, -0.2) is 34.9 Å². The first-order valence-corrected chi connectivity index (χ1v) is 12.8. The molecule has 1 fully saturated rings. The first kappa shape index (κ1) is 27.8. The zero-order chi connectivity index (χ0) is 29.1. The molecule has 1 aliphatic rings. The number of pyridine rings is 1. The molecule has 5 rings (SSSR count). The number of carbonyl (C=O) groups excluding carboxylic acids is 2. The highest BCUT2D eigenvalue weighted by Gasteiger charge is 2.42. The van der Waals surface area contributed by atoms with E-state index in [4.69, 9.17) is 4.42 Å². The van der Waals surface area contributed by atoms with Crippen LogP contribution in [0.15, 0.2) is 71.3 Å². The Hall–Kier alpha value is -4.74. The van der Waals surface area contributed by atoms with Crippen molar-refractivity contribution < 1.29 is 31.6 Å². The number of amides is 2. The maximum absolute atomic E-state index is 13.8. The van der Waals surface area contributed by atoms with Gasteiger partial charge in [-0.1, -0.05) is 37.3 Å². The number of carbonyl (C=O) groups is 2. The number of anilines is 3. The van der Waals surface area contributed by atoms with Crippen LogP contribution < -0.4 is 15.5 Å². The van der Waals surface area contributed by atoms with E-state index in [9.17, 15) is 27.2 Å². The van der Waals surface area contributed by atoms with Gasteiger partial charge in [0.2, 0.25) is 5.76 Å². The second-order valence-corrected chi connectivity index (χ2v) is 9.76. The molecular formula is C29H25F4N5O3. The highest BCUT2D eigenvalue weighted by atomic mass is 19.4. The fraction of sp³-hybridized carbons (Fsp3) is 0.241. The number of hydrogen-bond acceptors (Lipinski definition) is 6. The van der Waals surface area contributed by atoms with Crippen LogP contribution in [0.2, 0.25) is 0 Å². The second-order valence-electron chi connectivity index (χ2n) is 9.76. The molecule has 3 heterocycles. The van der Waals surface area contributed by atoms with Gasteiger partial charge in [0.25, 0.3) is 17.8 Å². The van der Waals surface area contributed by atoms with Gasteiger partial charge in [-0.25, -0.2) is 4.39 Å². The molecule has 0 bridgehead atoms. The Labute approximate surface area is 232 Å². The molecule has 41 heavy (non-hydrogen) atoms. The number of hydrogen-bond donors (Lipinski definition) is 2. The molecule has 2 amide bonds. The van der Waals surface area contributed by atoms with Crippen molar-refractivity contribution in [1.29, 1.82) is 0 Å².